The van der Waals surface area contributed by atoms with Gasteiger partial charge in [-0.25, -0.2) is 0 Å². The fourth-order valence-corrected chi connectivity index (χ4v) is 6.26. The number of anilines is 2. The van der Waals surface area contributed by atoms with E-state index in [4.69, 9.17) is 4.74 Å². The normalized spacial score (nSPS) is 21.5. The number of rotatable bonds is 4. The molecule has 0 saturated carbocycles. The van der Waals surface area contributed by atoms with Gasteiger partial charge in [-0.05, 0) is 59.2 Å². The van der Waals surface area contributed by atoms with Crippen molar-refractivity contribution >= 4 is 22.1 Å². The van der Waals surface area contributed by atoms with E-state index in [2.05, 4.69) is 124 Å². The minimum Gasteiger partial charge on any atom is -0.497 e. The number of allylic oxidation sites excluding steroid dienone is 3. The lowest BCUT2D eigenvalue weighted by Crippen LogP contribution is -2.37. The molecule has 0 N–H and O–H groups in total. The molecule has 3 nitrogen and oxygen atoms in total. The minimum atomic E-state index is -0.0655. The van der Waals surface area contributed by atoms with Crippen molar-refractivity contribution in [2.24, 2.45) is 0 Å². The average molecular weight is 453 g/mol. The van der Waals surface area contributed by atoms with Crippen molar-refractivity contribution in [2.45, 2.75) is 51.5 Å². The zero-order chi connectivity index (χ0) is 24.3. The summed E-state index contributed by atoms with van der Waals surface area (Å²) >= 11 is 0. The first-order valence-corrected chi connectivity index (χ1v) is 12.3. The summed E-state index contributed by atoms with van der Waals surface area (Å²) in [6.07, 6.45) is 6.98. The van der Waals surface area contributed by atoms with E-state index < -0.39 is 0 Å². The predicted octanol–water partition coefficient (Wildman–Crippen LogP) is 7.20. The van der Waals surface area contributed by atoms with E-state index in [1.807, 2.05) is 0 Å². The summed E-state index contributed by atoms with van der Waals surface area (Å²) < 4.78 is 5.51. The molecule has 0 bridgehead atoms. The molecular formula is C31H36N2O. The van der Waals surface area contributed by atoms with E-state index in [1.165, 1.54) is 39.0 Å². The molecule has 3 heteroatoms. The molecule has 1 atom stereocenters. The molecule has 0 aliphatic carbocycles. The van der Waals surface area contributed by atoms with Gasteiger partial charge in [-0.3, -0.25) is 0 Å². The van der Waals surface area contributed by atoms with Crippen molar-refractivity contribution in [1.29, 1.82) is 0 Å². The van der Waals surface area contributed by atoms with Crippen LogP contribution in [0, 0.1) is 0 Å². The Hall–Kier alpha value is -3.20. The molecule has 0 fully saturated rings. The largest absolute Gasteiger partial charge is 0.497 e. The number of hydrogen-bond acceptors (Lipinski definition) is 3. The zero-order valence-corrected chi connectivity index (χ0v) is 21.5. The van der Waals surface area contributed by atoms with Crippen LogP contribution in [0.1, 0.15) is 45.7 Å². The summed E-state index contributed by atoms with van der Waals surface area (Å²) in [7, 11) is 3.93. The van der Waals surface area contributed by atoms with Crippen molar-refractivity contribution in [1.82, 2.24) is 0 Å². The van der Waals surface area contributed by atoms with E-state index in [0.717, 1.165) is 12.3 Å². The molecule has 176 valence electrons. The lowest BCUT2D eigenvalue weighted by Gasteiger charge is -2.30. The molecule has 34 heavy (non-hydrogen) atoms. The Kier molecular flexibility index (Phi) is 5.27. The fraction of sp³-hybridized carbons (Fsp3) is 0.355. The number of benzene rings is 3. The Balaban J connectivity index is 1.53. The second-order valence-electron chi connectivity index (χ2n) is 10.6. The van der Waals surface area contributed by atoms with Gasteiger partial charge in [0, 0.05) is 41.5 Å². The number of ether oxygens (including phenoxy) is 1. The predicted molar refractivity (Wildman–Crippen MR) is 145 cm³/mol. The molecule has 3 aromatic rings. The van der Waals surface area contributed by atoms with Crippen LogP contribution in [-0.4, -0.2) is 26.7 Å². The van der Waals surface area contributed by atoms with Crippen LogP contribution in [0.5, 0.6) is 5.75 Å². The van der Waals surface area contributed by atoms with Crippen LogP contribution >= 0.6 is 0 Å². The van der Waals surface area contributed by atoms with Crippen molar-refractivity contribution in [2.75, 3.05) is 30.5 Å². The summed E-state index contributed by atoms with van der Waals surface area (Å²) in [5.74, 6) is 0.920. The Morgan fingerprint density at radius 3 is 2.44 bits per heavy atom. The molecule has 0 saturated heterocycles. The van der Waals surface area contributed by atoms with Gasteiger partial charge in [-0.1, -0.05) is 70.2 Å². The number of likely N-dealkylation sites (N-methyl/N-ethyl adjacent to an activating group) is 2. The van der Waals surface area contributed by atoms with Crippen LogP contribution < -0.4 is 14.5 Å². The van der Waals surface area contributed by atoms with Crippen LogP contribution in [-0.2, 0) is 10.8 Å². The second-order valence-corrected chi connectivity index (χ2v) is 10.6. The SMILES string of the molecule is CCN1C(=CC=CC2N(C)c3ccc(OC)cc3C2(C)C)C(C)(C)c2c1ccc1ccccc21. The van der Waals surface area contributed by atoms with Gasteiger partial charge < -0.3 is 14.5 Å². The van der Waals surface area contributed by atoms with Crippen LogP contribution in [0.4, 0.5) is 11.4 Å². The highest BCUT2D eigenvalue weighted by molar-refractivity contribution is 5.94. The summed E-state index contributed by atoms with van der Waals surface area (Å²) in [6.45, 7) is 12.6. The minimum absolute atomic E-state index is 0.0115. The Morgan fingerprint density at radius 2 is 1.71 bits per heavy atom. The lowest BCUT2D eigenvalue weighted by atomic mass is 9.79. The summed E-state index contributed by atoms with van der Waals surface area (Å²) in [5, 5.41) is 2.67. The highest BCUT2D eigenvalue weighted by Crippen LogP contribution is 2.51. The number of fused-ring (bicyclic) bond motifs is 4. The zero-order valence-electron chi connectivity index (χ0n) is 21.5. The van der Waals surface area contributed by atoms with Crippen molar-refractivity contribution < 1.29 is 4.74 Å². The first kappa shape index (κ1) is 22.6. The molecule has 2 heterocycles. The Labute approximate surface area is 204 Å². The maximum atomic E-state index is 5.51. The van der Waals surface area contributed by atoms with Gasteiger partial charge in [0.1, 0.15) is 5.75 Å². The highest BCUT2D eigenvalue weighted by atomic mass is 16.5. The Bertz CT molecular complexity index is 1310. The van der Waals surface area contributed by atoms with Gasteiger partial charge >= 0.3 is 0 Å². The van der Waals surface area contributed by atoms with Crippen LogP contribution in [0.15, 0.2) is 78.5 Å². The third-order valence-electron chi connectivity index (χ3n) is 8.05. The third-order valence-corrected chi connectivity index (χ3v) is 8.05. The van der Waals surface area contributed by atoms with Crippen molar-refractivity contribution in [3.8, 4) is 5.75 Å². The highest BCUT2D eigenvalue weighted by Gasteiger charge is 2.42. The molecule has 0 aromatic heterocycles. The van der Waals surface area contributed by atoms with E-state index in [9.17, 15) is 0 Å². The third kappa shape index (κ3) is 3.17. The standard InChI is InChI=1S/C31H36N2O/c1-8-33-26-18-16-21-12-9-10-13-23(21)29(26)31(4,5)28(33)15-11-14-27-30(2,3)24-20-22(34-7)17-19-25(24)32(27)6/h9-20,27H,8H2,1-7H3. The van der Waals surface area contributed by atoms with Gasteiger partial charge in [-0.2, -0.15) is 0 Å². The molecule has 0 radical (unpaired) electrons. The summed E-state index contributed by atoms with van der Waals surface area (Å²) in [6, 6.07) is 20.0. The smallest absolute Gasteiger partial charge is 0.119 e. The van der Waals surface area contributed by atoms with Gasteiger partial charge in [0.05, 0.1) is 13.2 Å². The number of nitrogens with zero attached hydrogens (tertiary/aromatic N) is 2. The average Bonchev–Trinajstić information content (AvgIpc) is 3.17. The maximum Gasteiger partial charge on any atom is 0.119 e. The van der Waals surface area contributed by atoms with Crippen LogP contribution in [0.25, 0.3) is 10.8 Å². The van der Waals surface area contributed by atoms with Gasteiger partial charge in [0.25, 0.3) is 0 Å². The molecule has 0 amide bonds. The van der Waals surface area contributed by atoms with E-state index in [-0.39, 0.29) is 16.9 Å². The molecule has 0 spiro atoms. The first-order valence-electron chi connectivity index (χ1n) is 12.3. The topological polar surface area (TPSA) is 15.7 Å². The molecule has 5 rings (SSSR count). The summed E-state index contributed by atoms with van der Waals surface area (Å²) in [5.41, 5.74) is 6.67. The maximum absolute atomic E-state index is 5.51. The number of methoxy groups -OCH3 is 1. The van der Waals surface area contributed by atoms with Crippen LogP contribution in [0.3, 0.4) is 0 Å². The van der Waals surface area contributed by atoms with E-state index >= 15 is 0 Å². The molecule has 2 aliphatic rings. The second kappa shape index (κ2) is 7.94. The fourth-order valence-electron chi connectivity index (χ4n) is 6.26. The van der Waals surface area contributed by atoms with Gasteiger partial charge in [-0.15, -0.1) is 0 Å². The molecule has 1 unspecified atom stereocenters. The molecule has 2 aliphatic heterocycles. The van der Waals surface area contributed by atoms with Crippen molar-refractivity contribution in [3.05, 3.63) is 89.6 Å². The van der Waals surface area contributed by atoms with Crippen LogP contribution in [0.2, 0.25) is 0 Å². The quantitative estimate of drug-likeness (QED) is 0.416. The van der Waals surface area contributed by atoms with E-state index in [0.29, 0.717) is 0 Å². The first-order chi connectivity index (χ1) is 16.2. The van der Waals surface area contributed by atoms with Crippen molar-refractivity contribution in [3.63, 3.8) is 0 Å². The monoisotopic (exact) mass is 452 g/mol. The molecule has 3 aromatic carbocycles. The van der Waals surface area contributed by atoms with Gasteiger partial charge in [0.15, 0.2) is 0 Å². The lowest BCUT2D eigenvalue weighted by molar-refractivity contribution is 0.412. The van der Waals surface area contributed by atoms with E-state index in [1.54, 1.807) is 7.11 Å². The van der Waals surface area contributed by atoms with Gasteiger partial charge in [0.2, 0.25) is 0 Å². The molecular weight excluding hydrogens is 416 g/mol. The summed E-state index contributed by atoms with van der Waals surface area (Å²) in [4.78, 5) is 4.87. The number of hydrogen-bond donors (Lipinski definition) is 0. The Morgan fingerprint density at radius 1 is 0.971 bits per heavy atom.